The first-order chi connectivity index (χ1) is 5.22. The van der Waals surface area contributed by atoms with E-state index < -0.39 is 5.97 Å². The van der Waals surface area contributed by atoms with Crippen molar-refractivity contribution in [2.45, 2.75) is 6.42 Å². The highest BCUT2D eigenvalue weighted by Crippen LogP contribution is 2.14. The van der Waals surface area contributed by atoms with E-state index in [0.717, 1.165) is 6.29 Å². The standard InChI is InChI=1S/C7H6O3S/c8-4-6-2-1-5(11-6)3-7(9)10/h1-2,4H,3H2,(H,9,10). The smallest absolute Gasteiger partial charge is 0.308 e. The van der Waals surface area contributed by atoms with Crippen LogP contribution in [0.1, 0.15) is 14.5 Å². The highest BCUT2D eigenvalue weighted by atomic mass is 32.1. The minimum absolute atomic E-state index is 0.00148. The maximum Gasteiger partial charge on any atom is 0.308 e. The summed E-state index contributed by atoms with van der Waals surface area (Å²) in [4.78, 5) is 21.6. The van der Waals surface area contributed by atoms with E-state index in [0.29, 0.717) is 9.75 Å². The van der Waals surface area contributed by atoms with Crippen LogP contribution >= 0.6 is 11.3 Å². The summed E-state index contributed by atoms with van der Waals surface area (Å²) in [6.45, 7) is 0. The highest BCUT2D eigenvalue weighted by Gasteiger charge is 2.02. The van der Waals surface area contributed by atoms with E-state index in [1.807, 2.05) is 0 Å². The number of aliphatic carboxylic acids is 1. The zero-order chi connectivity index (χ0) is 8.27. The Balaban J connectivity index is 2.72. The monoisotopic (exact) mass is 170 g/mol. The van der Waals surface area contributed by atoms with Gasteiger partial charge in [-0.2, -0.15) is 0 Å². The molecule has 1 aromatic heterocycles. The molecule has 0 amide bonds. The fourth-order valence-corrected chi connectivity index (χ4v) is 1.52. The van der Waals surface area contributed by atoms with Crippen LogP contribution in [0.15, 0.2) is 12.1 Å². The molecule has 11 heavy (non-hydrogen) atoms. The molecule has 0 radical (unpaired) electrons. The Hall–Kier alpha value is -1.16. The van der Waals surface area contributed by atoms with Gasteiger partial charge < -0.3 is 5.11 Å². The number of carboxylic acid groups (broad SMARTS) is 1. The first-order valence-corrected chi connectivity index (χ1v) is 3.79. The van der Waals surface area contributed by atoms with Gasteiger partial charge in [0.1, 0.15) is 0 Å². The lowest BCUT2D eigenvalue weighted by atomic mass is 10.3. The Morgan fingerprint density at radius 1 is 1.64 bits per heavy atom. The average molecular weight is 170 g/mol. The summed E-state index contributed by atoms with van der Waals surface area (Å²) >= 11 is 1.21. The molecule has 3 nitrogen and oxygen atoms in total. The van der Waals surface area contributed by atoms with E-state index in [2.05, 4.69) is 0 Å². The average Bonchev–Trinajstić information content (AvgIpc) is 2.34. The molecule has 1 aromatic rings. The lowest BCUT2D eigenvalue weighted by Crippen LogP contribution is -1.96. The van der Waals surface area contributed by atoms with E-state index in [-0.39, 0.29) is 6.42 Å². The van der Waals surface area contributed by atoms with Crippen LogP contribution in [0.5, 0.6) is 0 Å². The second-order valence-electron chi connectivity index (χ2n) is 1.99. The quantitative estimate of drug-likeness (QED) is 0.693. The van der Waals surface area contributed by atoms with Crippen LogP contribution in [-0.2, 0) is 11.2 Å². The second-order valence-corrected chi connectivity index (χ2v) is 3.19. The number of carbonyl (C=O) groups is 2. The van der Waals surface area contributed by atoms with Gasteiger partial charge in [-0.3, -0.25) is 9.59 Å². The largest absolute Gasteiger partial charge is 0.481 e. The fourth-order valence-electron chi connectivity index (χ4n) is 0.702. The van der Waals surface area contributed by atoms with Crippen molar-refractivity contribution in [3.63, 3.8) is 0 Å². The molecule has 1 heterocycles. The maximum atomic E-state index is 10.2. The number of carbonyl (C=O) groups excluding carboxylic acids is 1. The van der Waals surface area contributed by atoms with Crippen molar-refractivity contribution in [3.8, 4) is 0 Å². The van der Waals surface area contributed by atoms with Gasteiger partial charge in [-0.1, -0.05) is 0 Å². The molecule has 58 valence electrons. The Kier molecular flexibility index (Phi) is 2.38. The lowest BCUT2D eigenvalue weighted by molar-refractivity contribution is -0.136. The van der Waals surface area contributed by atoms with Gasteiger partial charge in [0.25, 0.3) is 0 Å². The summed E-state index contributed by atoms with van der Waals surface area (Å²) in [5.74, 6) is -0.871. The predicted molar refractivity (Wildman–Crippen MR) is 41.0 cm³/mol. The topological polar surface area (TPSA) is 54.4 Å². The third kappa shape index (κ3) is 2.16. The molecule has 0 aliphatic carbocycles. The van der Waals surface area contributed by atoms with Gasteiger partial charge in [0, 0.05) is 4.88 Å². The minimum Gasteiger partial charge on any atom is -0.481 e. The highest BCUT2D eigenvalue weighted by molar-refractivity contribution is 7.13. The van der Waals surface area contributed by atoms with Crippen molar-refractivity contribution in [2.24, 2.45) is 0 Å². The predicted octanol–water partition coefficient (Wildman–Crippen LogP) is 1.19. The minimum atomic E-state index is -0.871. The summed E-state index contributed by atoms with van der Waals surface area (Å²) in [7, 11) is 0. The molecule has 1 N–H and O–H groups in total. The van der Waals surface area contributed by atoms with Crippen molar-refractivity contribution in [3.05, 3.63) is 21.9 Å². The Morgan fingerprint density at radius 3 is 2.82 bits per heavy atom. The van der Waals surface area contributed by atoms with Crippen LogP contribution in [0.4, 0.5) is 0 Å². The van der Waals surface area contributed by atoms with E-state index >= 15 is 0 Å². The van der Waals surface area contributed by atoms with Gasteiger partial charge in [-0.15, -0.1) is 11.3 Å². The SMILES string of the molecule is O=Cc1ccc(CC(=O)O)s1. The third-order valence-corrected chi connectivity index (χ3v) is 2.13. The van der Waals surface area contributed by atoms with Crippen molar-refractivity contribution < 1.29 is 14.7 Å². The molecule has 0 saturated heterocycles. The summed E-state index contributed by atoms with van der Waals surface area (Å²) in [6.07, 6.45) is 0.717. The number of hydrogen-bond acceptors (Lipinski definition) is 3. The molecule has 0 aliphatic heterocycles. The van der Waals surface area contributed by atoms with Gasteiger partial charge in [-0.05, 0) is 12.1 Å². The van der Waals surface area contributed by atoms with Gasteiger partial charge in [0.2, 0.25) is 0 Å². The van der Waals surface area contributed by atoms with Gasteiger partial charge in [-0.25, -0.2) is 0 Å². The van der Waals surface area contributed by atoms with Crippen molar-refractivity contribution in [1.29, 1.82) is 0 Å². The van der Waals surface area contributed by atoms with E-state index in [4.69, 9.17) is 5.11 Å². The second kappa shape index (κ2) is 3.30. The van der Waals surface area contributed by atoms with Crippen molar-refractivity contribution in [1.82, 2.24) is 0 Å². The number of thiophene rings is 1. The zero-order valence-electron chi connectivity index (χ0n) is 5.61. The molecule has 0 saturated carbocycles. The number of carboxylic acids is 1. The molecule has 0 bridgehead atoms. The molecular formula is C7H6O3S. The van der Waals surface area contributed by atoms with Crippen molar-refractivity contribution >= 4 is 23.6 Å². The fraction of sp³-hybridized carbons (Fsp3) is 0.143. The molecule has 1 rings (SSSR count). The molecule has 4 heteroatoms. The summed E-state index contributed by atoms with van der Waals surface area (Å²) in [5, 5.41) is 8.37. The van der Waals surface area contributed by atoms with Crippen LogP contribution in [0.2, 0.25) is 0 Å². The molecule has 0 fully saturated rings. The first kappa shape index (κ1) is 7.94. The molecular weight excluding hydrogens is 164 g/mol. The third-order valence-electron chi connectivity index (χ3n) is 1.12. The first-order valence-electron chi connectivity index (χ1n) is 2.98. The van der Waals surface area contributed by atoms with Gasteiger partial charge >= 0.3 is 5.97 Å². The van der Waals surface area contributed by atoms with Crippen LogP contribution in [0, 0.1) is 0 Å². The number of rotatable bonds is 3. The maximum absolute atomic E-state index is 10.2. The van der Waals surface area contributed by atoms with Crippen LogP contribution in [0.3, 0.4) is 0 Å². The van der Waals surface area contributed by atoms with E-state index in [1.165, 1.54) is 11.3 Å². The normalized spacial score (nSPS) is 9.45. The van der Waals surface area contributed by atoms with Gasteiger partial charge in [0.05, 0.1) is 11.3 Å². The summed E-state index contributed by atoms with van der Waals surface area (Å²) < 4.78 is 0. The van der Waals surface area contributed by atoms with E-state index in [1.54, 1.807) is 12.1 Å². The molecule has 0 aromatic carbocycles. The van der Waals surface area contributed by atoms with Crippen LogP contribution in [-0.4, -0.2) is 17.4 Å². The molecule has 0 aliphatic rings. The Labute approximate surface area is 67.3 Å². The van der Waals surface area contributed by atoms with E-state index in [9.17, 15) is 9.59 Å². The Bertz CT molecular complexity index is 277. The summed E-state index contributed by atoms with van der Waals surface area (Å²) in [5.41, 5.74) is 0. The number of hydrogen-bond donors (Lipinski definition) is 1. The van der Waals surface area contributed by atoms with Crippen LogP contribution in [0.25, 0.3) is 0 Å². The van der Waals surface area contributed by atoms with Crippen molar-refractivity contribution in [2.75, 3.05) is 0 Å². The molecule has 0 spiro atoms. The zero-order valence-corrected chi connectivity index (χ0v) is 6.43. The molecule has 0 unspecified atom stereocenters. The lowest BCUT2D eigenvalue weighted by Gasteiger charge is -1.85. The summed E-state index contributed by atoms with van der Waals surface area (Å²) in [6, 6.07) is 3.28. The Morgan fingerprint density at radius 2 is 2.36 bits per heavy atom. The van der Waals surface area contributed by atoms with Gasteiger partial charge in [0.15, 0.2) is 6.29 Å². The molecule has 0 atom stereocenters. The van der Waals surface area contributed by atoms with Crippen LogP contribution < -0.4 is 0 Å². The number of aldehydes is 1.